The molecule has 11 heteroatoms. The Morgan fingerprint density at radius 1 is 0.955 bits per heavy atom. The molecule has 1 unspecified atom stereocenters. The summed E-state index contributed by atoms with van der Waals surface area (Å²) >= 11 is 1.26. The van der Waals surface area contributed by atoms with E-state index in [1.807, 2.05) is 43.3 Å². The Hall–Kier alpha value is -4.12. The van der Waals surface area contributed by atoms with Crippen LogP contribution in [0.2, 0.25) is 0 Å². The molecule has 1 aliphatic carbocycles. The number of rotatable bonds is 9. The second-order valence-corrected chi connectivity index (χ2v) is 11.9. The third-order valence-corrected chi connectivity index (χ3v) is 8.39. The zero-order valence-corrected chi connectivity index (χ0v) is 25.0. The van der Waals surface area contributed by atoms with Crippen LogP contribution in [0.15, 0.2) is 71.7 Å². The molecule has 44 heavy (non-hydrogen) atoms. The summed E-state index contributed by atoms with van der Waals surface area (Å²) in [6.07, 6.45) is 0.147. The van der Waals surface area contributed by atoms with Crippen molar-refractivity contribution >= 4 is 40.3 Å². The fourth-order valence-corrected chi connectivity index (χ4v) is 6.37. The number of fused-ring (bicyclic) bond motifs is 1. The molecule has 1 N–H and O–H groups in total. The van der Waals surface area contributed by atoms with Crippen LogP contribution in [0.1, 0.15) is 47.6 Å². The lowest BCUT2D eigenvalue weighted by Gasteiger charge is -2.24. The number of hydrogen-bond donors (Lipinski definition) is 1. The number of ether oxygens (including phenoxy) is 1. The third kappa shape index (κ3) is 8.28. The number of benzene rings is 3. The standard InChI is InChI=1S/C33H32F3N3O4S/c1-21(37-31(42)38-32-39(30(41)20-44-32)29-8-4-6-25-5-2-3-7-28(25)29)17-22-9-11-23(12-10-22)18-26(40)19-24-13-15-27(16-14-24)43-33(34,35)36/h4,6,8-16,21H,2-3,5,7,17-20H2,1H3,(H,37,42). The number of aryl methyl sites for hydroxylation is 1. The van der Waals surface area contributed by atoms with Gasteiger partial charge in [0.1, 0.15) is 11.5 Å². The normalized spacial score (nSPS) is 16.5. The van der Waals surface area contributed by atoms with Crippen LogP contribution in [-0.4, -0.2) is 41.0 Å². The first kappa shape index (κ1) is 31.3. The molecule has 3 amide bonds. The van der Waals surface area contributed by atoms with Crippen LogP contribution in [-0.2, 0) is 41.7 Å². The number of urea groups is 1. The van der Waals surface area contributed by atoms with Gasteiger partial charge >= 0.3 is 12.4 Å². The van der Waals surface area contributed by atoms with Gasteiger partial charge in [-0.3, -0.25) is 14.5 Å². The molecule has 230 valence electrons. The maximum Gasteiger partial charge on any atom is 0.573 e. The van der Waals surface area contributed by atoms with E-state index in [1.54, 1.807) is 4.90 Å². The van der Waals surface area contributed by atoms with Crippen molar-refractivity contribution in [2.45, 2.75) is 64.3 Å². The molecule has 5 rings (SSSR count). The molecule has 7 nitrogen and oxygen atoms in total. The minimum atomic E-state index is -4.76. The molecule has 0 spiro atoms. The summed E-state index contributed by atoms with van der Waals surface area (Å²) in [5.41, 5.74) is 5.61. The van der Waals surface area contributed by atoms with E-state index in [9.17, 15) is 27.6 Å². The predicted octanol–water partition coefficient (Wildman–Crippen LogP) is 6.59. The zero-order chi connectivity index (χ0) is 31.3. The number of thioether (sulfide) groups is 1. The first-order chi connectivity index (χ1) is 21.0. The number of ketones is 1. The van der Waals surface area contributed by atoms with Crippen LogP contribution < -0.4 is 15.0 Å². The number of Topliss-reactive ketones (excluding diaryl/α,β-unsaturated/α-hetero) is 1. The number of anilines is 1. The van der Waals surface area contributed by atoms with E-state index in [0.717, 1.165) is 48.1 Å². The van der Waals surface area contributed by atoms with Gasteiger partial charge in [-0.25, -0.2) is 4.79 Å². The van der Waals surface area contributed by atoms with E-state index in [1.165, 1.54) is 41.6 Å². The van der Waals surface area contributed by atoms with Crippen LogP contribution in [0, 0.1) is 0 Å². The van der Waals surface area contributed by atoms with E-state index in [4.69, 9.17) is 0 Å². The highest BCUT2D eigenvalue weighted by Gasteiger charge is 2.33. The molecule has 1 atom stereocenters. The number of carbonyl (C=O) groups excluding carboxylic acids is 3. The summed E-state index contributed by atoms with van der Waals surface area (Å²) in [5, 5.41) is 3.28. The zero-order valence-electron chi connectivity index (χ0n) is 24.2. The SMILES string of the molecule is CC(Cc1ccc(CC(=O)Cc2ccc(OC(F)(F)F)cc2)cc1)NC(=O)N=C1SCC(=O)N1c1cccc2c1CCCC2. The lowest BCUT2D eigenvalue weighted by Crippen LogP contribution is -2.35. The number of amidine groups is 1. The molecule has 0 saturated carbocycles. The van der Waals surface area contributed by atoms with Crippen molar-refractivity contribution in [1.29, 1.82) is 0 Å². The Balaban J connectivity index is 1.13. The molecule has 2 aliphatic rings. The highest BCUT2D eigenvalue weighted by Crippen LogP contribution is 2.35. The van der Waals surface area contributed by atoms with Gasteiger partial charge in [-0.2, -0.15) is 4.99 Å². The monoisotopic (exact) mass is 623 g/mol. The molecule has 0 bridgehead atoms. The van der Waals surface area contributed by atoms with Crippen molar-refractivity contribution in [3.8, 4) is 5.75 Å². The maximum absolute atomic E-state index is 12.8. The van der Waals surface area contributed by atoms with E-state index in [0.29, 0.717) is 17.2 Å². The highest BCUT2D eigenvalue weighted by molar-refractivity contribution is 8.15. The number of halogens is 3. The van der Waals surface area contributed by atoms with Crippen molar-refractivity contribution in [1.82, 2.24) is 5.32 Å². The van der Waals surface area contributed by atoms with Gasteiger partial charge in [0.05, 0.1) is 11.4 Å². The number of aliphatic imine (C=N–C) groups is 1. The van der Waals surface area contributed by atoms with Gasteiger partial charge in [0, 0.05) is 18.9 Å². The van der Waals surface area contributed by atoms with Gasteiger partial charge in [-0.1, -0.05) is 60.3 Å². The van der Waals surface area contributed by atoms with E-state index >= 15 is 0 Å². The van der Waals surface area contributed by atoms with Crippen LogP contribution in [0.3, 0.4) is 0 Å². The van der Waals surface area contributed by atoms with E-state index < -0.39 is 12.4 Å². The molecule has 1 saturated heterocycles. The molecule has 1 fully saturated rings. The van der Waals surface area contributed by atoms with Gasteiger partial charge in [0.15, 0.2) is 5.17 Å². The number of hydrogen-bond acceptors (Lipinski definition) is 5. The van der Waals surface area contributed by atoms with Crippen molar-refractivity contribution in [3.63, 3.8) is 0 Å². The first-order valence-electron chi connectivity index (χ1n) is 14.4. The van der Waals surface area contributed by atoms with Gasteiger partial charge in [-0.15, -0.1) is 13.2 Å². The van der Waals surface area contributed by atoms with Crippen molar-refractivity contribution in [3.05, 3.63) is 94.5 Å². The lowest BCUT2D eigenvalue weighted by molar-refractivity contribution is -0.274. The Kier molecular flexibility index (Phi) is 9.73. The molecular formula is C33H32F3N3O4S. The molecule has 0 aromatic heterocycles. The number of alkyl halides is 3. The quantitative estimate of drug-likeness (QED) is 0.291. The van der Waals surface area contributed by atoms with Gasteiger partial charge in [0.25, 0.3) is 0 Å². The third-order valence-electron chi connectivity index (χ3n) is 7.47. The van der Waals surface area contributed by atoms with Crippen LogP contribution in [0.25, 0.3) is 0 Å². The topological polar surface area (TPSA) is 88.1 Å². The summed E-state index contributed by atoms with van der Waals surface area (Å²) < 4.78 is 40.9. The highest BCUT2D eigenvalue weighted by atomic mass is 32.2. The number of nitrogens with zero attached hydrogens (tertiary/aromatic N) is 2. The number of amides is 3. The smallest absolute Gasteiger partial charge is 0.406 e. The van der Waals surface area contributed by atoms with Gasteiger partial charge in [-0.05, 0) is 85.0 Å². The molecular weight excluding hydrogens is 591 g/mol. The summed E-state index contributed by atoms with van der Waals surface area (Å²) in [6.45, 7) is 1.87. The second-order valence-electron chi connectivity index (χ2n) is 11.0. The fourth-order valence-electron chi connectivity index (χ4n) is 5.51. The summed E-state index contributed by atoms with van der Waals surface area (Å²) in [7, 11) is 0. The van der Waals surface area contributed by atoms with E-state index in [2.05, 4.69) is 21.1 Å². The maximum atomic E-state index is 12.8. The molecule has 1 heterocycles. The Labute approximate surface area is 257 Å². The molecule has 1 aliphatic heterocycles. The minimum Gasteiger partial charge on any atom is -0.406 e. The van der Waals surface area contributed by atoms with Crippen molar-refractivity contribution in [2.24, 2.45) is 4.99 Å². The van der Waals surface area contributed by atoms with Crippen molar-refractivity contribution in [2.75, 3.05) is 10.7 Å². The molecule has 3 aromatic rings. The average Bonchev–Trinajstić information content (AvgIpc) is 3.33. The summed E-state index contributed by atoms with van der Waals surface area (Å²) in [4.78, 5) is 44.0. The van der Waals surface area contributed by atoms with Gasteiger partial charge in [0.2, 0.25) is 5.91 Å². The minimum absolute atomic E-state index is 0.0738. The fraction of sp³-hybridized carbons (Fsp3) is 0.333. The van der Waals surface area contributed by atoms with Crippen LogP contribution >= 0.6 is 11.8 Å². The second kappa shape index (κ2) is 13.7. The Morgan fingerprint density at radius 2 is 1.59 bits per heavy atom. The predicted molar refractivity (Wildman–Crippen MR) is 164 cm³/mol. The largest absolute Gasteiger partial charge is 0.573 e. The van der Waals surface area contributed by atoms with Crippen LogP contribution in [0.4, 0.5) is 23.7 Å². The van der Waals surface area contributed by atoms with Gasteiger partial charge < -0.3 is 10.1 Å². The first-order valence-corrected chi connectivity index (χ1v) is 15.4. The van der Waals surface area contributed by atoms with Crippen LogP contribution in [0.5, 0.6) is 5.75 Å². The Morgan fingerprint density at radius 3 is 2.27 bits per heavy atom. The number of nitrogens with one attached hydrogen (secondary N) is 1. The van der Waals surface area contributed by atoms with E-state index in [-0.39, 0.29) is 42.1 Å². The average molecular weight is 624 g/mol. The summed E-state index contributed by atoms with van der Waals surface area (Å²) in [5.74, 6) is -0.249. The molecule has 3 aromatic carbocycles. The summed E-state index contributed by atoms with van der Waals surface area (Å²) in [6, 6.07) is 18.0. The molecule has 0 radical (unpaired) electrons. The number of carbonyl (C=O) groups is 3. The van der Waals surface area contributed by atoms with Crippen molar-refractivity contribution < 1.29 is 32.3 Å². The lowest BCUT2D eigenvalue weighted by atomic mass is 9.90. The Bertz CT molecular complexity index is 1560.